The van der Waals surface area contributed by atoms with Crippen molar-refractivity contribution >= 4 is 17.5 Å². The summed E-state index contributed by atoms with van der Waals surface area (Å²) in [6.45, 7) is 8.82. The minimum Gasteiger partial charge on any atom is -0.351 e. The molecule has 5 heteroatoms. The molecule has 1 heterocycles. The second kappa shape index (κ2) is 9.13. The Bertz CT molecular complexity index is 785. The molecule has 2 amide bonds. The van der Waals surface area contributed by atoms with Crippen molar-refractivity contribution in [3.8, 4) is 0 Å². The van der Waals surface area contributed by atoms with Gasteiger partial charge in [-0.15, -0.1) is 0 Å². The number of carbonyl (C=O) groups excluding carboxylic acids is 2. The highest BCUT2D eigenvalue weighted by molar-refractivity contribution is 6.06. The Kier molecular flexibility index (Phi) is 6.89. The molecule has 0 radical (unpaired) electrons. The van der Waals surface area contributed by atoms with Crippen LogP contribution in [-0.4, -0.2) is 23.3 Å². The van der Waals surface area contributed by atoms with Crippen molar-refractivity contribution in [2.24, 2.45) is 5.92 Å². The van der Waals surface area contributed by atoms with Gasteiger partial charge in [-0.3, -0.25) is 14.6 Å². The van der Waals surface area contributed by atoms with Crippen LogP contribution in [0.3, 0.4) is 0 Å². The van der Waals surface area contributed by atoms with Gasteiger partial charge in [0.05, 0.1) is 0 Å². The van der Waals surface area contributed by atoms with Crippen LogP contribution in [-0.2, 0) is 6.42 Å². The average Bonchev–Trinajstić information content (AvgIpc) is 2.63. The van der Waals surface area contributed by atoms with Gasteiger partial charge in [0.2, 0.25) is 0 Å². The van der Waals surface area contributed by atoms with E-state index in [0.717, 1.165) is 29.7 Å². The van der Waals surface area contributed by atoms with Gasteiger partial charge in [0.25, 0.3) is 11.8 Å². The maximum atomic E-state index is 12.6. The Hall–Kier alpha value is -2.69. The Morgan fingerprint density at radius 1 is 1.15 bits per heavy atom. The van der Waals surface area contributed by atoms with Crippen molar-refractivity contribution < 1.29 is 9.59 Å². The number of aromatic nitrogens is 1. The highest BCUT2D eigenvalue weighted by Crippen LogP contribution is 2.22. The molecule has 2 rings (SSSR count). The number of hydrogen-bond acceptors (Lipinski definition) is 3. The number of pyridine rings is 1. The SMILES string of the molecule is CCc1cccc(C)c1NC(=O)c1ccnc(C(=O)NCCC(C)C)c1. The van der Waals surface area contributed by atoms with Crippen molar-refractivity contribution in [3.05, 3.63) is 58.9 Å². The lowest BCUT2D eigenvalue weighted by atomic mass is 10.1. The Labute approximate surface area is 155 Å². The lowest BCUT2D eigenvalue weighted by Gasteiger charge is -2.13. The first-order chi connectivity index (χ1) is 12.4. The number of benzene rings is 1. The number of amides is 2. The molecule has 2 aromatic rings. The average molecular weight is 353 g/mol. The molecule has 0 saturated heterocycles. The molecule has 0 aliphatic heterocycles. The van der Waals surface area contributed by atoms with Crippen LogP contribution in [0.5, 0.6) is 0 Å². The molecule has 5 nitrogen and oxygen atoms in total. The third-order valence-electron chi connectivity index (χ3n) is 4.24. The lowest BCUT2D eigenvalue weighted by molar-refractivity contribution is 0.0947. The van der Waals surface area contributed by atoms with Crippen LogP contribution in [0.4, 0.5) is 5.69 Å². The molecule has 0 spiro atoms. The van der Waals surface area contributed by atoms with Crippen molar-refractivity contribution in [1.82, 2.24) is 10.3 Å². The van der Waals surface area contributed by atoms with E-state index in [2.05, 4.69) is 36.4 Å². The first-order valence-electron chi connectivity index (χ1n) is 9.06. The molecule has 1 aromatic carbocycles. The summed E-state index contributed by atoms with van der Waals surface area (Å²) in [4.78, 5) is 28.9. The van der Waals surface area contributed by atoms with E-state index in [0.29, 0.717) is 18.0 Å². The number of nitrogens with one attached hydrogen (secondary N) is 2. The standard InChI is InChI=1S/C21H27N3O2/c1-5-16-8-6-7-15(4)19(16)24-20(25)17-10-12-22-18(13-17)21(26)23-11-9-14(2)3/h6-8,10,12-14H,5,9,11H2,1-4H3,(H,23,26)(H,24,25). The van der Waals surface area contributed by atoms with Gasteiger partial charge in [-0.1, -0.05) is 39.0 Å². The zero-order valence-corrected chi connectivity index (χ0v) is 15.9. The van der Waals surface area contributed by atoms with Crippen molar-refractivity contribution in [3.63, 3.8) is 0 Å². The van der Waals surface area contributed by atoms with Crippen LogP contribution < -0.4 is 10.6 Å². The largest absolute Gasteiger partial charge is 0.351 e. The van der Waals surface area contributed by atoms with E-state index in [1.54, 1.807) is 6.07 Å². The van der Waals surface area contributed by atoms with E-state index >= 15 is 0 Å². The van der Waals surface area contributed by atoms with Gasteiger partial charge >= 0.3 is 0 Å². The number of nitrogens with zero attached hydrogens (tertiary/aromatic N) is 1. The van der Waals surface area contributed by atoms with E-state index in [1.165, 1.54) is 12.3 Å². The van der Waals surface area contributed by atoms with Crippen LogP contribution in [0, 0.1) is 12.8 Å². The fraction of sp³-hybridized carbons (Fsp3) is 0.381. The van der Waals surface area contributed by atoms with Crippen LogP contribution in [0.1, 0.15) is 59.2 Å². The molecule has 0 bridgehead atoms. The van der Waals surface area contributed by atoms with Gasteiger partial charge in [-0.05, 0) is 48.9 Å². The summed E-state index contributed by atoms with van der Waals surface area (Å²) in [6.07, 6.45) is 3.22. The third-order valence-corrected chi connectivity index (χ3v) is 4.24. The molecule has 0 aliphatic carbocycles. The summed E-state index contributed by atoms with van der Waals surface area (Å²) in [5, 5.41) is 5.81. The Morgan fingerprint density at radius 2 is 1.92 bits per heavy atom. The summed E-state index contributed by atoms with van der Waals surface area (Å²) in [5.74, 6) is 0.0142. The van der Waals surface area contributed by atoms with Gasteiger partial charge in [0, 0.05) is 24.0 Å². The quantitative estimate of drug-likeness (QED) is 0.791. The van der Waals surface area contributed by atoms with Crippen molar-refractivity contribution in [2.45, 2.75) is 40.5 Å². The number of rotatable bonds is 7. The van der Waals surface area contributed by atoms with Crippen molar-refractivity contribution in [1.29, 1.82) is 0 Å². The zero-order chi connectivity index (χ0) is 19.1. The zero-order valence-electron chi connectivity index (χ0n) is 15.9. The van der Waals surface area contributed by atoms with Gasteiger partial charge in [-0.2, -0.15) is 0 Å². The van der Waals surface area contributed by atoms with Crippen LogP contribution in [0.2, 0.25) is 0 Å². The summed E-state index contributed by atoms with van der Waals surface area (Å²) < 4.78 is 0. The number of carbonyl (C=O) groups is 2. The monoisotopic (exact) mass is 353 g/mol. The number of aryl methyl sites for hydroxylation is 2. The molecule has 138 valence electrons. The van der Waals surface area contributed by atoms with Gasteiger partial charge in [-0.25, -0.2) is 0 Å². The minimum atomic E-state index is -0.259. The predicted octanol–water partition coefficient (Wildman–Crippen LogP) is 3.98. The molecule has 0 atom stereocenters. The van der Waals surface area contributed by atoms with E-state index in [4.69, 9.17) is 0 Å². The summed E-state index contributed by atoms with van der Waals surface area (Å²) in [5.41, 5.74) is 3.60. The van der Waals surface area contributed by atoms with Crippen LogP contribution in [0.15, 0.2) is 36.5 Å². The van der Waals surface area contributed by atoms with Crippen molar-refractivity contribution in [2.75, 3.05) is 11.9 Å². The highest BCUT2D eigenvalue weighted by Gasteiger charge is 2.14. The first-order valence-corrected chi connectivity index (χ1v) is 9.06. The fourth-order valence-electron chi connectivity index (χ4n) is 2.65. The second-order valence-corrected chi connectivity index (χ2v) is 6.78. The molecule has 0 fully saturated rings. The Balaban J connectivity index is 2.12. The number of hydrogen-bond donors (Lipinski definition) is 2. The molecule has 1 aromatic heterocycles. The summed E-state index contributed by atoms with van der Waals surface area (Å²) in [6, 6.07) is 9.10. The minimum absolute atomic E-state index is 0.243. The fourth-order valence-corrected chi connectivity index (χ4v) is 2.65. The molecular weight excluding hydrogens is 326 g/mol. The van der Waals surface area contributed by atoms with E-state index in [9.17, 15) is 9.59 Å². The molecule has 2 N–H and O–H groups in total. The molecule has 0 saturated carbocycles. The summed E-state index contributed by atoms with van der Waals surface area (Å²) in [7, 11) is 0. The van der Waals surface area contributed by atoms with E-state index in [-0.39, 0.29) is 17.5 Å². The second-order valence-electron chi connectivity index (χ2n) is 6.78. The van der Waals surface area contributed by atoms with Crippen LogP contribution in [0.25, 0.3) is 0 Å². The van der Waals surface area contributed by atoms with Crippen LogP contribution >= 0.6 is 0 Å². The highest BCUT2D eigenvalue weighted by atomic mass is 16.2. The maximum absolute atomic E-state index is 12.6. The topological polar surface area (TPSA) is 71.1 Å². The first kappa shape index (κ1) is 19.6. The molecule has 0 unspecified atom stereocenters. The third kappa shape index (κ3) is 5.15. The smallest absolute Gasteiger partial charge is 0.269 e. The summed E-state index contributed by atoms with van der Waals surface area (Å²) >= 11 is 0. The molecular formula is C21H27N3O2. The number of anilines is 1. The van der Waals surface area contributed by atoms with Gasteiger partial charge in [0.1, 0.15) is 5.69 Å². The Morgan fingerprint density at radius 3 is 2.62 bits per heavy atom. The van der Waals surface area contributed by atoms with Gasteiger partial charge < -0.3 is 10.6 Å². The molecule has 0 aliphatic rings. The maximum Gasteiger partial charge on any atom is 0.269 e. The predicted molar refractivity (Wildman–Crippen MR) is 105 cm³/mol. The lowest BCUT2D eigenvalue weighted by Crippen LogP contribution is -2.26. The van der Waals surface area contributed by atoms with Gasteiger partial charge in [0.15, 0.2) is 0 Å². The normalized spacial score (nSPS) is 10.7. The van der Waals surface area contributed by atoms with E-state index < -0.39 is 0 Å². The number of para-hydroxylation sites is 1. The molecule has 26 heavy (non-hydrogen) atoms. The van der Waals surface area contributed by atoms with E-state index in [1.807, 2.05) is 25.1 Å².